The number of anilines is 1. The van der Waals surface area contributed by atoms with Crippen LogP contribution in [0.2, 0.25) is 0 Å². The van der Waals surface area contributed by atoms with Gasteiger partial charge in [-0.3, -0.25) is 4.31 Å². The Balaban J connectivity index is 1.75. The molecule has 0 saturated carbocycles. The number of hydrogen-bond donors (Lipinski definition) is 2. The average molecular weight is 555 g/mol. The van der Waals surface area contributed by atoms with E-state index in [1.54, 1.807) is 13.8 Å². The number of nitrogens with two attached hydrogens (primary N) is 1. The van der Waals surface area contributed by atoms with Crippen LogP contribution in [0, 0.1) is 19.8 Å². The van der Waals surface area contributed by atoms with E-state index >= 15 is 0 Å². The maximum atomic E-state index is 13.3. The number of alkyl halides is 3. The molecule has 4 rings (SSSR count). The highest BCUT2D eigenvalue weighted by atomic mass is 32.2. The number of nitrogens with zero attached hydrogens (tertiary/aromatic N) is 2. The van der Waals surface area contributed by atoms with E-state index < -0.39 is 28.2 Å². The molecule has 1 unspecified atom stereocenters. The molecule has 200 valence electrons. The van der Waals surface area contributed by atoms with Crippen LogP contribution in [0.5, 0.6) is 5.75 Å². The molecule has 3 atom stereocenters. The van der Waals surface area contributed by atoms with E-state index in [-0.39, 0.29) is 27.6 Å². The molecule has 1 saturated heterocycles. The fourth-order valence-electron chi connectivity index (χ4n) is 4.58. The lowest BCUT2D eigenvalue weighted by atomic mass is 9.79. The van der Waals surface area contributed by atoms with Gasteiger partial charge in [0.1, 0.15) is 5.75 Å². The van der Waals surface area contributed by atoms with E-state index in [0.29, 0.717) is 12.1 Å². The van der Waals surface area contributed by atoms with Gasteiger partial charge >= 0.3 is 6.36 Å². The van der Waals surface area contributed by atoms with Crippen LogP contribution in [0.25, 0.3) is 0 Å². The smallest absolute Gasteiger partial charge is 0.405 e. The maximum absolute atomic E-state index is 13.3. The summed E-state index contributed by atoms with van der Waals surface area (Å²) in [6, 6.07) is 12.3. The Morgan fingerprint density at radius 1 is 1.19 bits per heavy atom. The summed E-state index contributed by atoms with van der Waals surface area (Å²) in [6.45, 7) is 4.24. The number of piperidine rings is 1. The van der Waals surface area contributed by atoms with E-state index in [4.69, 9.17) is 5.73 Å². The Morgan fingerprint density at radius 3 is 2.51 bits per heavy atom. The third kappa shape index (κ3) is 5.92. The summed E-state index contributed by atoms with van der Waals surface area (Å²) in [6.07, 6.45) is -3.46. The number of rotatable bonds is 7. The summed E-state index contributed by atoms with van der Waals surface area (Å²) in [5.74, 6) is -0.707. The highest BCUT2D eigenvalue weighted by Gasteiger charge is 2.37. The SMILES string of the molecule is Cc1nc(S(=O)(=O)N(C)c2ccc(OC(F)(F)F)c(C(N)[C@@H]3CCCN[C@@H]3c3ccccc3)c2)sc1C. The number of hydrogen-bond acceptors (Lipinski definition) is 7. The van der Waals surface area contributed by atoms with E-state index in [1.165, 1.54) is 19.2 Å². The van der Waals surface area contributed by atoms with E-state index in [9.17, 15) is 21.6 Å². The number of thiazole rings is 1. The maximum Gasteiger partial charge on any atom is 0.573 e. The second-order valence-corrected chi connectivity index (χ2v) is 12.4. The van der Waals surface area contributed by atoms with Crippen LogP contribution < -0.4 is 20.1 Å². The van der Waals surface area contributed by atoms with Crippen molar-refractivity contribution >= 4 is 27.0 Å². The number of halogens is 3. The first-order valence-electron chi connectivity index (χ1n) is 11.7. The van der Waals surface area contributed by atoms with Gasteiger partial charge in [-0.15, -0.1) is 24.5 Å². The molecule has 3 aromatic rings. The van der Waals surface area contributed by atoms with Gasteiger partial charge in [0, 0.05) is 29.6 Å². The Bertz CT molecular complexity index is 1330. The van der Waals surface area contributed by atoms with Crippen molar-refractivity contribution in [1.29, 1.82) is 0 Å². The number of ether oxygens (including phenoxy) is 1. The van der Waals surface area contributed by atoms with Gasteiger partial charge in [-0.05, 0) is 62.9 Å². The van der Waals surface area contributed by atoms with E-state index in [2.05, 4.69) is 15.0 Å². The fourth-order valence-corrected chi connectivity index (χ4v) is 7.22. The minimum Gasteiger partial charge on any atom is -0.405 e. The van der Waals surface area contributed by atoms with Gasteiger partial charge in [-0.2, -0.15) is 8.42 Å². The van der Waals surface area contributed by atoms with Crippen molar-refractivity contribution in [2.75, 3.05) is 17.9 Å². The second kappa shape index (κ2) is 10.6. The number of nitrogens with one attached hydrogen (secondary N) is 1. The molecule has 0 bridgehead atoms. The van der Waals surface area contributed by atoms with Crippen LogP contribution in [-0.2, 0) is 10.0 Å². The fraction of sp³-hybridized carbons (Fsp3) is 0.400. The zero-order valence-corrected chi connectivity index (χ0v) is 22.3. The second-order valence-electron chi connectivity index (χ2n) is 9.04. The predicted octanol–water partition coefficient (Wildman–Crippen LogP) is 5.22. The summed E-state index contributed by atoms with van der Waals surface area (Å²) in [5.41, 5.74) is 8.48. The van der Waals surface area contributed by atoms with Crippen molar-refractivity contribution in [3.63, 3.8) is 0 Å². The van der Waals surface area contributed by atoms with Crippen LogP contribution in [-0.4, -0.2) is 33.4 Å². The van der Waals surface area contributed by atoms with Crippen molar-refractivity contribution in [3.8, 4) is 5.75 Å². The molecule has 37 heavy (non-hydrogen) atoms. The lowest BCUT2D eigenvalue weighted by molar-refractivity contribution is -0.275. The molecule has 0 aliphatic carbocycles. The molecule has 1 aromatic heterocycles. The first-order chi connectivity index (χ1) is 17.4. The molecule has 12 heteroatoms. The van der Waals surface area contributed by atoms with Crippen LogP contribution in [0.1, 0.15) is 46.6 Å². The molecule has 1 aliphatic heterocycles. The number of sulfonamides is 1. The van der Waals surface area contributed by atoms with Gasteiger partial charge in [0.25, 0.3) is 10.0 Å². The first kappa shape index (κ1) is 27.4. The Hall–Kier alpha value is -2.67. The van der Waals surface area contributed by atoms with Crippen LogP contribution >= 0.6 is 11.3 Å². The van der Waals surface area contributed by atoms with Gasteiger partial charge in [0.15, 0.2) is 0 Å². The molecule has 0 spiro atoms. The summed E-state index contributed by atoms with van der Waals surface area (Å²) >= 11 is 1.04. The molecular formula is C25H29F3N4O3S2. The first-order valence-corrected chi connectivity index (χ1v) is 14.0. The molecule has 0 radical (unpaired) electrons. The normalized spacial score (nSPS) is 19.4. The van der Waals surface area contributed by atoms with Crippen LogP contribution in [0.3, 0.4) is 0 Å². The van der Waals surface area contributed by atoms with Gasteiger partial charge < -0.3 is 15.8 Å². The zero-order chi connectivity index (χ0) is 27.0. The monoisotopic (exact) mass is 554 g/mol. The highest BCUT2D eigenvalue weighted by Crippen LogP contribution is 2.42. The summed E-state index contributed by atoms with van der Waals surface area (Å²) in [4.78, 5) is 4.92. The molecule has 0 amide bonds. The van der Waals surface area contributed by atoms with Gasteiger partial charge in [-0.1, -0.05) is 30.3 Å². The number of aromatic nitrogens is 1. The van der Waals surface area contributed by atoms with Crippen molar-refractivity contribution in [2.24, 2.45) is 11.7 Å². The van der Waals surface area contributed by atoms with Gasteiger partial charge in [0.2, 0.25) is 4.34 Å². The molecule has 2 heterocycles. The Labute approximate surface area is 218 Å². The van der Waals surface area contributed by atoms with Crippen LogP contribution in [0.4, 0.5) is 18.9 Å². The van der Waals surface area contributed by atoms with Crippen LogP contribution in [0.15, 0.2) is 52.9 Å². The molecule has 3 N–H and O–H groups in total. The number of aryl methyl sites for hydroxylation is 2. The number of benzene rings is 2. The van der Waals surface area contributed by atoms with Crippen molar-refractivity contribution in [2.45, 2.75) is 49.5 Å². The van der Waals surface area contributed by atoms with E-state index in [0.717, 1.165) is 45.1 Å². The minimum atomic E-state index is -4.94. The topological polar surface area (TPSA) is 97.5 Å². The quantitative estimate of drug-likeness (QED) is 0.416. The van der Waals surface area contributed by atoms with Crippen molar-refractivity contribution in [1.82, 2.24) is 10.3 Å². The highest BCUT2D eigenvalue weighted by molar-refractivity contribution is 7.94. The largest absolute Gasteiger partial charge is 0.573 e. The minimum absolute atomic E-state index is 0.0815. The van der Waals surface area contributed by atoms with Crippen molar-refractivity contribution in [3.05, 3.63) is 70.2 Å². The molecule has 1 fully saturated rings. The average Bonchev–Trinajstić information content (AvgIpc) is 3.22. The van der Waals surface area contributed by atoms with Gasteiger partial charge in [-0.25, -0.2) is 4.98 Å². The Morgan fingerprint density at radius 2 is 1.89 bits per heavy atom. The summed E-state index contributed by atoms with van der Waals surface area (Å²) in [7, 11) is -2.70. The molecular weight excluding hydrogens is 525 g/mol. The predicted molar refractivity (Wildman–Crippen MR) is 137 cm³/mol. The summed E-state index contributed by atoms with van der Waals surface area (Å²) in [5, 5.41) is 3.44. The third-order valence-corrected chi connectivity index (χ3v) is 9.87. The summed E-state index contributed by atoms with van der Waals surface area (Å²) < 4.78 is 71.6. The molecule has 1 aliphatic rings. The van der Waals surface area contributed by atoms with Crippen molar-refractivity contribution < 1.29 is 26.3 Å². The lowest BCUT2D eigenvalue weighted by Crippen LogP contribution is -2.40. The Kier molecular flexibility index (Phi) is 7.84. The van der Waals surface area contributed by atoms with E-state index in [1.807, 2.05) is 30.3 Å². The standard InChI is InChI=1S/C25H29F3N4O3S2/c1-15-16(2)36-24(31-15)37(33,34)32(3)18-11-12-21(35-25(26,27)28)20(14-18)22(29)19-10-7-13-30-23(19)17-8-5-4-6-9-17/h4-6,8-9,11-12,14,19,22-23,30H,7,10,13,29H2,1-3H3/t19-,22?,23+/m0/s1. The zero-order valence-electron chi connectivity index (χ0n) is 20.6. The molecule has 2 aromatic carbocycles. The lowest BCUT2D eigenvalue weighted by Gasteiger charge is -2.37. The third-order valence-electron chi connectivity index (χ3n) is 6.66. The molecule has 7 nitrogen and oxygen atoms in total. The van der Waals surface area contributed by atoms with Gasteiger partial charge in [0.05, 0.1) is 11.4 Å².